The third-order valence-corrected chi connectivity index (χ3v) is 3.77. The number of carbonyl (C=O) groups is 1. The summed E-state index contributed by atoms with van der Waals surface area (Å²) in [4.78, 5) is 15.8. The van der Waals surface area contributed by atoms with Gasteiger partial charge in [-0.05, 0) is 26.0 Å². The molecule has 4 nitrogen and oxygen atoms in total. The van der Waals surface area contributed by atoms with E-state index in [-0.39, 0.29) is 5.78 Å². The summed E-state index contributed by atoms with van der Waals surface area (Å²) >= 11 is 3.41. The predicted molar refractivity (Wildman–Crippen MR) is 80.9 cm³/mol. The van der Waals surface area contributed by atoms with Gasteiger partial charge in [0.2, 0.25) is 0 Å². The molecule has 0 fully saturated rings. The molecule has 2 aromatic heterocycles. The highest BCUT2D eigenvalue weighted by Gasteiger charge is 2.12. The molecule has 0 saturated carbocycles. The molecule has 0 amide bonds. The van der Waals surface area contributed by atoms with Crippen LogP contribution >= 0.6 is 15.9 Å². The van der Waals surface area contributed by atoms with Gasteiger partial charge in [-0.25, -0.2) is 9.50 Å². The van der Waals surface area contributed by atoms with Gasteiger partial charge >= 0.3 is 0 Å². The lowest BCUT2D eigenvalue weighted by Gasteiger charge is -2.03. The molecule has 1 aromatic carbocycles. The van der Waals surface area contributed by atoms with Crippen LogP contribution in [0.1, 0.15) is 23.0 Å². The van der Waals surface area contributed by atoms with Crippen molar-refractivity contribution in [2.24, 2.45) is 0 Å². The van der Waals surface area contributed by atoms with Crippen LogP contribution in [0.2, 0.25) is 0 Å². The quantitative estimate of drug-likeness (QED) is 0.674. The molecule has 0 unspecified atom stereocenters. The van der Waals surface area contributed by atoms with Crippen LogP contribution in [-0.4, -0.2) is 20.4 Å². The van der Waals surface area contributed by atoms with E-state index in [9.17, 15) is 4.79 Å². The number of hydrogen-bond donors (Lipinski definition) is 0. The third kappa shape index (κ3) is 2.14. The minimum atomic E-state index is -0.00223. The van der Waals surface area contributed by atoms with Crippen LogP contribution in [0, 0.1) is 6.92 Å². The minimum absolute atomic E-state index is 0.00223. The number of aryl methyl sites for hydroxylation is 1. The van der Waals surface area contributed by atoms with E-state index in [1.165, 1.54) is 6.92 Å². The van der Waals surface area contributed by atoms with Crippen LogP contribution in [0.15, 0.2) is 41.0 Å². The molecule has 0 aliphatic rings. The number of Topliss-reactive ketones (excluding diaryl/α,β-unsaturated/α-hetero) is 1. The summed E-state index contributed by atoms with van der Waals surface area (Å²) in [6.45, 7) is 3.42. The van der Waals surface area contributed by atoms with Crippen LogP contribution in [0.5, 0.6) is 0 Å². The first-order valence-electron chi connectivity index (χ1n) is 6.18. The zero-order chi connectivity index (χ0) is 14.3. The van der Waals surface area contributed by atoms with E-state index in [1.54, 1.807) is 10.7 Å². The van der Waals surface area contributed by atoms with Gasteiger partial charge in [0.25, 0.3) is 0 Å². The van der Waals surface area contributed by atoms with E-state index in [4.69, 9.17) is 0 Å². The van der Waals surface area contributed by atoms with E-state index in [2.05, 4.69) is 26.0 Å². The number of rotatable bonds is 2. The van der Waals surface area contributed by atoms with Crippen molar-refractivity contribution < 1.29 is 4.79 Å². The monoisotopic (exact) mass is 329 g/mol. The first kappa shape index (κ1) is 13.0. The Morgan fingerprint density at radius 3 is 2.60 bits per heavy atom. The summed E-state index contributed by atoms with van der Waals surface area (Å²) in [5, 5.41) is 4.54. The molecule has 3 rings (SSSR count). The highest BCUT2D eigenvalue weighted by atomic mass is 79.9. The lowest BCUT2D eigenvalue weighted by Crippen LogP contribution is -2.04. The normalized spacial score (nSPS) is 10.9. The summed E-state index contributed by atoms with van der Waals surface area (Å²) in [5.74, 6) is -0.00223. The maximum absolute atomic E-state index is 11.5. The van der Waals surface area contributed by atoms with Crippen LogP contribution in [0.25, 0.3) is 16.9 Å². The highest BCUT2D eigenvalue weighted by molar-refractivity contribution is 9.10. The Labute approximate surface area is 124 Å². The number of ketones is 1. The maximum atomic E-state index is 11.5. The Balaban J connectivity index is 2.18. The van der Waals surface area contributed by atoms with Gasteiger partial charge in [0, 0.05) is 22.3 Å². The van der Waals surface area contributed by atoms with Gasteiger partial charge < -0.3 is 0 Å². The van der Waals surface area contributed by atoms with Crippen molar-refractivity contribution >= 4 is 27.4 Å². The van der Waals surface area contributed by atoms with Crippen molar-refractivity contribution in [2.45, 2.75) is 13.8 Å². The Bertz CT molecular complexity index is 806. The SMILES string of the molecule is CC(=O)c1cnc2cc(-c3ccc(Br)cc3)nn2c1C. The molecule has 0 saturated heterocycles. The molecule has 2 heterocycles. The molecule has 0 N–H and O–H groups in total. The first-order chi connectivity index (χ1) is 9.56. The Morgan fingerprint density at radius 1 is 1.25 bits per heavy atom. The number of nitrogens with zero attached hydrogens (tertiary/aromatic N) is 3. The molecule has 0 atom stereocenters. The van der Waals surface area contributed by atoms with Crippen molar-refractivity contribution in [2.75, 3.05) is 0 Å². The minimum Gasteiger partial charge on any atom is -0.294 e. The summed E-state index contributed by atoms with van der Waals surface area (Å²) in [6.07, 6.45) is 1.61. The Hall–Kier alpha value is -2.01. The largest absolute Gasteiger partial charge is 0.294 e. The second-order valence-corrected chi connectivity index (χ2v) is 5.54. The molecule has 0 spiro atoms. The fourth-order valence-electron chi connectivity index (χ4n) is 2.16. The number of halogens is 1. The third-order valence-electron chi connectivity index (χ3n) is 3.24. The number of benzene rings is 1. The van der Waals surface area contributed by atoms with Crippen LogP contribution in [0.3, 0.4) is 0 Å². The van der Waals surface area contributed by atoms with E-state index in [1.807, 2.05) is 37.3 Å². The van der Waals surface area contributed by atoms with Gasteiger partial charge in [-0.1, -0.05) is 28.1 Å². The van der Waals surface area contributed by atoms with Crippen molar-refractivity contribution in [1.29, 1.82) is 0 Å². The summed E-state index contributed by atoms with van der Waals surface area (Å²) < 4.78 is 2.74. The lowest BCUT2D eigenvalue weighted by atomic mass is 10.1. The van der Waals surface area contributed by atoms with Crippen molar-refractivity contribution in [3.8, 4) is 11.3 Å². The van der Waals surface area contributed by atoms with Crippen molar-refractivity contribution in [3.05, 3.63) is 52.3 Å². The van der Waals surface area contributed by atoms with Gasteiger partial charge in [-0.2, -0.15) is 5.10 Å². The zero-order valence-corrected chi connectivity index (χ0v) is 12.7. The average Bonchev–Trinajstić information content (AvgIpc) is 2.84. The maximum Gasteiger partial charge on any atom is 0.163 e. The number of hydrogen-bond acceptors (Lipinski definition) is 3. The van der Waals surface area contributed by atoms with Crippen LogP contribution in [0.4, 0.5) is 0 Å². The fourth-order valence-corrected chi connectivity index (χ4v) is 2.42. The molecule has 0 bridgehead atoms. The van der Waals surface area contributed by atoms with E-state index in [0.29, 0.717) is 5.56 Å². The van der Waals surface area contributed by atoms with Crippen molar-refractivity contribution in [1.82, 2.24) is 14.6 Å². The summed E-state index contributed by atoms with van der Waals surface area (Å²) in [6, 6.07) is 9.85. The Kier molecular flexibility index (Phi) is 3.14. The van der Waals surface area contributed by atoms with E-state index >= 15 is 0 Å². The van der Waals surface area contributed by atoms with Crippen LogP contribution < -0.4 is 0 Å². The second kappa shape index (κ2) is 4.83. The van der Waals surface area contributed by atoms with Crippen molar-refractivity contribution in [3.63, 3.8) is 0 Å². The molecule has 0 radical (unpaired) electrons. The number of carbonyl (C=O) groups excluding carboxylic acids is 1. The number of aromatic nitrogens is 3. The second-order valence-electron chi connectivity index (χ2n) is 4.62. The van der Waals surface area contributed by atoms with Crippen LogP contribution in [-0.2, 0) is 0 Å². The molecular formula is C15H12BrN3O. The zero-order valence-electron chi connectivity index (χ0n) is 11.1. The molecule has 0 aliphatic heterocycles. The predicted octanol–water partition coefficient (Wildman–Crippen LogP) is 3.67. The fraction of sp³-hybridized carbons (Fsp3) is 0.133. The summed E-state index contributed by atoms with van der Waals surface area (Å²) in [7, 11) is 0. The Morgan fingerprint density at radius 2 is 1.95 bits per heavy atom. The molecule has 100 valence electrons. The van der Waals surface area contributed by atoms with E-state index in [0.717, 1.165) is 27.1 Å². The van der Waals surface area contributed by atoms with Gasteiger partial charge in [-0.3, -0.25) is 4.79 Å². The molecule has 20 heavy (non-hydrogen) atoms. The first-order valence-corrected chi connectivity index (χ1v) is 6.98. The van der Waals surface area contributed by atoms with Gasteiger partial charge in [0.15, 0.2) is 11.4 Å². The molecule has 0 aliphatic carbocycles. The van der Waals surface area contributed by atoms with E-state index < -0.39 is 0 Å². The van der Waals surface area contributed by atoms with Gasteiger partial charge in [0.1, 0.15) is 0 Å². The topological polar surface area (TPSA) is 47.3 Å². The molecule has 3 aromatic rings. The highest BCUT2D eigenvalue weighted by Crippen LogP contribution is 2.22. The van der Waals surface area contributed by atoms with Gasteiger partial charge in [-0.15, -0.1) is 0 Å². The standard InChI is InChI=1S/C15H12BrN3O/c1-9-13(10(2)20)8-17-15-7-14(18-19(9)15)11-3-5-12(16)6-4-11/h3-8H,1-2H3. The smallest absolute Gasteiger partial charge is 0.163 e. The molecular weight excluding hydrogens is 318 g/mol. The lowest BCUT2D eigenvalue weighted by molar-refractivity contribution is 0.101. The number of fused-ring (bicyclic) bond motifs is 1. The summed E-state index contributed by atoms with van der Waals surface area (Å²) in [5.41, 5.74) is 4.01. The molecule has 5 heteroatoms. The average molecular weight is 330 g/mol. The van der Waals surface area contributed by atoms with Gasteiger partial charge in [0.05, 0.1) is 17.0 Å².